The van der Waals surface area contributed by atoms with Crippen LogP contribution in [-0.4, -0.2) is 13.1 Å². The summed E-state index contributed by atoms with van der Waals surface area (Å²) < 4.78 is 13.5. The molecule has 1 unspecified atom stereocenters. The minimum absolute atomic E-state index is 0.0710. The van der Waals surface area contributed by atoms with E-state index in [1.807, 2.05) is 13.0 Å². The van der Waals surface area contributed by atoms with Gasteiger partial charge in [0.2, 0.25) is 0 Å². The van der Waals surface area contributed by atoms with Crippen molar-refractivity contribution in [2.75, 3.05) is 13.1 Å². The van der Waals surface area contributed by atoms with Crippen molar-refractivity contribution in [1.82, 2.24) is 5.32 Å². The van der Waals surface area contributed by atoms with Crippen molar-refractivity contribution in [3.63, 3.8) is 0 Å². The van der Waals surface area contributed by atoms with E-state index in [0.29, 0.717) is 11.8 Å². The van der Waals surface area contributed by atoms with Crippen molar-refractivity contribution >= 4 is 0 Å². The summed E-state index contributed by atoms with van der Waals surface area (Å²) in [6.45, 7) is 6.33. The molecule has 0 spiro atoms. The molecule has 1 N–H and O–H groups in total. The largest absolute Gasteiger partial charge is 0.317 e. The van der Waals surface area contributed by atoms with Gasteiger partial charge in [-0.05, 0) is 61.9 Å². The summed E-state index contributed by atoms with van der Waals surface area (Å²) in [4.78, 5) is 0. The van der Waals surface area contributed by atoms with E-state index in [1.165, 1.54) is 18.4 Å². The molecule has 88 valence electrons. The standard InChI is InChI=1S/C14H20FN/c1-10(12-6-8-16-9-7-12)13-4-3-5-14(15)11(13)2/h3-5,10,12,16H,6-9H2,1-2H3. The summed E-state index contributed by atoms with van der Waals surface area (Å²) in [6, 6.07) is 5.45. The molecule has 0 aromatic heterocycles. The van der Waals surface area contributed by atoms with Gasteiger partial charge in [0.15, 0.2) is 0 Å². The van der Waals surface area contributed by atoms with Crippen molar-refractivity contribution in [3.05, 3.63) is 35.1 Å². The lowest BCUT2D eigenvalue weighted by Crippen LogP contribution is -2.30. The highest BCUT2D eigenvalue weighted by Crippen LogP contribution is 2.32. The van der Waals surface area contributed by atoms with Crippen LogP contribution in [0.1, 0.15) is 36.8 Å². The summed E-state index contributed by atoms with van der Waals surface area (Å²) in [6.07, 6.45) is 2.41. The maximum Gasteiger partial charge on any atom is 0.126 e. The fourth-order valence-corrected chi connectivity index (χ4v) is 2.72. The number of rotatable bonds is 2. The van der Waals surface area contributed by atoms with Crippen molar-refractivity contribution in [2.45, 2.75) is 32.6 Å². The molecule has 0 amide bonds. The van der Waals surface area contributed by atoms with E-state index in [9.17, 15) is 4.39 Å². The smallest absolute Gasteiger partial charge is 0.126 e. The van der Waals surface area contributed by atoms with E-state index in [1.54, 1.807) is 6.07 Å². The third-order valence-electron chi connectivity index (χ3n) is 3.89. The Labute approximate surface area is 97.1 Å². The zero-order valence-corrected chi connectivity index (χ0v) is 10.1. The minimum Gasteiger partial charge on any atom is -0.317 e. The Kier molecular flexibility index (Phi) is 3.59. The summed E-state index contributed by atoms with van der Waals surface area (Å²) >= 11 is 0. The van der Waals surface area contributed by atoms with Crippen LogP contribution in [0, 0.1) is 18.7 Å². The maximum atomic E-state index is 13.5. The zero-order valence-electron chi connectivity index (χ0n) is 10.1. The predicted molar refractivity (Wildman–Crippen MR) is 65.1 cm³/mol. The summed E-state index contributed by atoms with van der Waals surface area (Å²) in [5, 5.41) is 3.37. The van der Waals surface area contributed by atoms with Gasteiger partial charge in [0, 0.05) is 0 Å². The quantitative estimate of drug-likeness (QED) is 0.808. The monoisotopic (exact) mass is 221 g/mol. The SMILES string of the molecule is Cc1c(F)cccc1C(C)C1CCNCC1. The highest BCUT2D eigenvalue weighted by Gasteiger charge is 2.22. The number of halogens is 1. The van der Waals surface area contributed by atoms with E-state index in [2.05, 4.69) is 18.3 Å². The Morgan fingerprint density at radius 1 is 1.31 bits per heavy atom. The van der Waals surface area contributed by atoms with Gasteiger partial charge in [0.25, 0.3) is 0 Å². The highest BCUT2D eigenvalue weighted by atomic mass is 19.1. The average Bonchev–Trinajstić information content (AvgIpc) is 2.33. The molecule has 1 nitrogen and oxygen atoms in total. The molecule has 1 saturated heterocycles. The van der Waals surface area contributed by atoms with Crippen LogP contribution < -0.4 is 5.32 Å². The van der Waals surface area contributed by atoms with E-state index >= 15 is 0 Å². The number of nitrogens with one attached hydrogen (secondary N) is 1. The van der Waals surface area contributed by atoms with Crippen LogP contribution in [0.5, 0.6) is 0 Å². The molecule has 1 atom stereocenters. The Bertz CT molecular complexity index is 356. The normalized spacial score (nSPS) is 19.7. The Morgan fingerprint density at radius 2 is 2.00 bits per heavy atom. The molecule has 1 aliphatic rings. The van der Waals surface area contributed by atoms with Crippen molar-refractivity contribution in [1.29, 1.82) is 0 Å². The first-order chi connectivity index (χ1) is 7.70. The molecule has 0 radical (unpaired) electrons. The van der Waals surface area contributed by atoms with Gasteiger partial charge in [-0.2, -0.15) is 0 Å². The van der Waals surface area contributed by atoms with Crippen LogP contribution in [-0.2, 0) is 0 Å². The molecule has 2 rings (SSSR count). The fourth-order valence-electron chi connectivity index (χ4n) is 2.72. The van der Waals surface area contributed by atoms with Gasteiger partial charge in [0.05, 0.1) is 0 Å². The summed E-state index contributed by atoms with van der Waals surface area (Å²) in [5.74, 6) is 1.10. The van der Waals surface area contributed by atoms with Gasteiger partial charge in [-0.25, -0.2) is 4.39 Å². The van der Waals surface area contributed by atoms with Gasteiger partial charge in [-0.15, -0.1) is 0 Å². The van der Waals surface area contributed by atoms with Crippen LogP contribution >= 0.6 is 0 Å². The van der Waals surface area contributed by atoms with Gasteiger partial charge >= 0.3 is 0 Å². The van der Waals surface area contributed by atoms with Gasteiger partial charge in [-0.1, -0.05) is 19.1 Å². The zero-order chi connectivity index (χ0) is 11.5. The van der Waals surface area contributed by atoms with Crippen LogP contribution in [0.2, 0.25) is 0 Å². The van der Waals surface area contributed by atoms with E-state index < -0.39 is 0 Å². The van der Waals surface area contributed by atoms with Crippen molar-refractivity contribution in [2.24, 2.45) is 5.92 Å². The third-order valence-corrected chi connectivity index (χ3v) is 3.89. The maximum absolute atomic E-state index is 13.5. The lowest BCUT2D eigenvalue weighted by atomic mass is 9.80. The minimum atomic E-state index is -0.0710. The number of hydrogen-bond acceptors (Lipinski definition) is 1. The van der Waals surface area contributed by atoms with Crippen LogP contribution in [0.4, 0.5) is 4.39 Å². The molecule has 16 heavy (non-hydrogen) atoms. The predicted octanol–water partition coefficient (Wildman–Crippen LogP) is 3.24. The van der Waals surface area contributed by atoms with Crippen molar-refractivity contribution in [3.8, 4) is 0 Å². The first-order valence-corrected chi connectivity index (χ1v) is 6.16. The molecule has 0 aliphatic carbocycles. The molecule has 2 heteroatoms. The second-order valence-electron chi connectivity index (χ2n) is 4.83. The molecule has 1 fully saturated rings. The molecule has 1 heterocycles. The average molecular weight is 221 g/mol. The van der Waals surface area contributed by atoms with E-state index in [0.717, 1.165) is 18.7 Å². The van der Waals surface area contributed by atoms with Crippen LogP contribution in [0.15, 0.2) is 18.2 Å². The number of hydrogen-bond donors (Lipinski definition) is 1. The van der Waals surface area contributed by atoms with E-state index in [-0.39, 0.29) is 5.82 Å². The van der Waals surface area contributed by atoms with Gasteiger partial charge in [0.1, 0.15) is 5.82 Å². The van der Waals surface area contributed by atoms with Gasteiger partial charge in [-0.3, -0.25) is 0 Å². The van der Waals surface area contributed by atoms with Crippen LogP contribution in [0.25, 0.3) is 0 Å². The first kappa shape index (κ1) is 11.6. The van der Waals surface area contributed by atoms with Crippen molar-refractivity contribution < 1.29 is 4.39 Å². The second-order valence-corrected chi connectivity index (χ2v) is 4.83. The number of piperidine rings is 1. The number of benzene rings is 1. The lowest BCUT2D eigenvalue weighted by molar-refractivity contribution is 0.329. The summed E-state index contributed by atoms with van der Waals surface area (Å²) in [7, 11) is 0. The molecular formula is C14H20FN. The third kappa shape index (κ3) is 2.27. The molecule has 1 aromatic rings. The Balaban J connectivity index is 2.19. The first-order valence-electron chi connectivity index (χ1n) is 6.16. The van der Waals surface area contributed by atoms with Gasteiger partial charge < -0.3 is 5.32 Å². The molecule has 0 saturated carbocycles. The Hall–Kier alpha value is -0.890. The topological polar surface area (TPSA) is 12.0 Å². The molecular weight excluding hydrogens is 201 g/mol. The highest BCUT2D eigenvalue weighted by molar-refractivity contribution is 5.30. The Morgan fingerprint density at radius 3 is 2.69 bits per heavy atom. The fraction of sp³-hybridized carbons (Fsp3) is 0.571. The second kappa shape index (κ2) is 4.96. The lowest BCUT2D eigenvalue weighted by Gasteiger charge is -2.29. The molecule has 0 bridgehead atoms. The van der Waals surface area contributed by atoms with Crippen LogP contribution in [0.3, 0.4) is 0 Å². The summed E-state index contributed by atoms with van der Waals surface area (Å²) in [5.41, 5.74) is 2.01. The van der Waals surface area contributed by atoms with E-state index in [4.69, 9.17) is 0 Å². The molecule has 1 aliphatic heterocycles. The molecule has 1 aromatic carbocycles.